The molecular formula is C19H21NO2. The molecule has 0 amide bonds. The molecule has 1 atom stereocenters. The minimum absolute atomic E-state index is 0.0204. The summed E-state index contributed by atoms with van der Waals surface area (Å²) < 4.78 is 5.09. The lowest BCUT2D eigenvalue weighted by atomic mass is 10.1. The molecular weight excluding hydrogens is 274 g/mol. The Morgan fingerprint density at radius 3 is 2.32 bits per heavy atom. The molecule has 0 radical (unpaired) electrons. The average molecular weight is 295 g/mol. The van der Waals surface area contributed by atoms with Crippen molar-refractivity contribution in [1.29, 1.82) is 0 Å². The van der Waals surface area contributed by atoms with Gasteiger partial charge in [-0.05, 0) is 43.7 Å². The smallest absolute Gasteiger partial charge is 0.187 e. The zero-order chi connectivity index (χ0) is 15.9. The van der Waals surface area contributed by atoms with Crippen LogP contribution < -0.4 is 10.1 Å². The van der Waals surface area contributed by atoms with E-state index in [1.807, 2.05) is 25.1 Å². The Hall–Kier alpha value is -2.55. The molecule has 0 saturated heterocycles. The van der Waals surface area contributed by atoms with Crippen LogP contribution in [-0.2, 0) is 0 Å². The SMILES string of the molecule is COc1ccc(C(=O)/C=C(\C)NC(C)c2ccccc2)cc1. The Labute approximate surface area is 131 Å². The molecule has 0 aliphatic carbocycles. The van der Waals surface area contributed by atoms with E-state index < -0.39 is 0 Å². The van der Waals surface area contributed by atoms with Gasteiger partial charge >= 0.3 is 0 Å². The van der Waals surface area contributed by atoms with E-state index in [1.54, 1.807) is 37.5 Å². The molecule has 0 aromatic heterocycles. The molecule has 2 aromatic rings. The Morgan fingerprint density at radius 1 is 1.09 bits per heavy atom. The van der Waals surface area contributed by atoms with Crippen LogP contribution in [0.2, 0.25) is 0 Å². The summed E-state index contributed by atoms with van der Waals surface area (Å²) in [6.07, 6.45) is 1.63. The first kappa shape index (κ1) is 15.8. The number of benzene rings is 2. The van der Waals surface area contributed by atoms with Crippen molar-refractivity contribution in [3.63, 3.8) is 0 Å². The van der Waals surface area contributed by atoms with Crippen molar-refractivity contribution in [3.8, 4) is 5.75 Å². The van der Waals surface area contributed by atoms with Crippen molar-refractivity contribution in [3.05, 3.63) is 77.5 Å². The molecule has 0 bridgehead atoms. The Bertz CT molecular complexity index is 645. The Balaban J connectivity index is 2.03. The molecule has 3 nitrogen and oxygen atoms in total. The number of rotatable bonds is 6. The fourth-order valence-electron chi connectivity index (χ4n) is 2.24. The highest BCUT2D eigenvalue weighted by Gasteiger charge is 2.07. The van der Waals surface area contributed by atoms with Gasteiger partial charge < -0.3 is 10.1 Å². The quantitative estimate of drug-likeness (QED) is 0.643. The summed E-state index contributed by atoms with van der Waals surface area (Å²) in [7, 11) is 1.61. The monoisotopic (exact) mass is 295 g/mol. The van der Waals surface area contributed by atoms with E-state index in [0.717, 1.165) is 11.4 Å². The second kappa shape index (κ2) is 7.46. The van der Waals surface area contributed by atoms with Gasteiger partial charge in [0.15, 0.2) is 5.78 Å². The maximum absolute atomic E-state index is 12.2. The van der Waals surface area contributed by atoms with Crippen molar-refractivity contribution in [1.82, 2.24) is 5.32 Å². The van der Waals surface area contributed by atoms with Gasteiger partial charge in [0.2, 0.25) is 0 Å². The van der Waals surface area contributed by atoms with Gasteiger partial charge in [-0.1, -0.05) is 30.3 Å². The van der Waals surface area contributed by atoms with E-state index in [0.29, 0.717) is 5.56 Å². The lowest BCUT2D eigenvalue weighted by Crippen LogP contribution is -2.17. The zero-order valence-corrected chi connectivity index (χ0v) is 13.2. The Morgan fingerprint density at radius 2 is 1.73 bits per heavy atom. The van der Waals surface area contributed by atoms with Crippen LogP contribution in [0.15, 0.2) is 66.4 Å². The molecule has 2 rings (SSSR count). The van der Waals surface area contributed by atoms with E-state index in [1.165, 1.54) is 5.56 Å². The van der Waals surface area contributed by atoms with Crippen LogP contribution in [0.1, 0.15) is 35.8 Å². The third kappa shape index (κ3) is 4.22. The fraction of sp³-hybridized carbons (Fsp3) is 0.211. The summed E-state index contributed by atoms with van der Waals surface area (Å²) >= 11 is 0. The van der Waals surface area contributed by atoms with E-state index in [2.05, 4.69) is 24.4 Å². The molecule has 114 valence electrons. The van der Waals surface area contributed by atoms with Gasteiger partial charge in [-0.15, -0.1) is 0 Å². The van der Waals surface area contributed by atoms with Crippen molar-refractivity contribution in [2.24, 2.45) is 0 Å². The van der Waals surface area contributed by atoms with Crippen LogP contribution in [0.25, 0.3) is 0 Å². The number of nitrogens with one attached hydrogen (secondary N) is 1. The second-order valence-electron chi connectivity index (χ2n) is 5.20. The van der Waals surface area contributed by atoms with Crippen LogP contribution in [0, 0.1) is 0 Å². The third-order valence-electron chi connectivity index (χ3n) is 3.47. The first-order valence-electron chi connectivity index (χ1n) is 7.28. The van der Waals surface area contributed by atoms with Gasteiger partial charge in [-0.3, -0.25) is 4.79 Å². The summed E-state index contributed by atoms with van der Waals surface area (Å²) in [6.45, 7) is 3.98. The summed E-state index contributed by atoms with van der Waals surface area (Å²) in [6, 6.07) is 17.4. The predicted octanol–water partition coefficient (Wildman–Crippen LogP) is 4.13. The highest BCUT2D eigenvalue weighted by atomic mass is 16.5. The van der Waals surface area contributed by atoms with Crippen LogP contribution in [-0.4, -0.2) is 12.9 Å². The van der Waals surface area contributed by atoms with Gasteiger partial charge in [0.05, 0.1) is 7.11 Å². The zero-order valence-electron chi connectivity index (χ0n) is 13.2. The minimum atomic E-state index is -0.0204. The lowest BCUT2D eigenvalue weighted by Gasteiger charge is -2.15. The number of ether oxygens (including phenoxy) is 1. The van der Waals surface area contributed by atoms with E-state index in [-0.39, 0.29) is 11.8 Å². The highest BCUT2D eigenvalue weighted by molar-refractivity contribution is 6.04. The van der Waals surface area contributed by atoms with Crippen molar-refractivity contribution >= 4 is 5.78 Å². The van der Waals surface area contributed by atoms with Crippen molar-refractivity contribution in [2.45, 2.75) is 19.9 Å². The second-order valence-corrected chi connectivity index (χ2v) is 5.20. The highest BCUT2D eigenvalue weighted by Crippen LogP contribution is 2.15. The molecule has 0 fully saturated rings. The Kier molecular flexibility index (Phi) is 5.37. The molecule has 0 heterocycles. The topological polar surface area (TPSA) is 38.3 Å². The normalized spacial score (nSPS) is 12.6. The number of allylic oxidation sites excluding steroid dienone is 2. The summed E-state index contributed by atoms with van der Waals surface area (Å²) in [5.41, 5.74) is 2.68. The first-order chi connectivity index (χ1) is 10.6. The van der Waals surface area contributed by atoms with Crippen LogP contribution in [0.5, 0.6) is 5.75 Å². The molecule has 0 aliphatic heterocycles. The molecule has 22 heavy (non-hydrogen) atoms. The molecule has 0 saturated carbocycles. The van der Waals surface area contributed by atoms with E-state index in [4.69, 9.17) is 4.74 Å². The summed E-state index contributed by atoms with van der Waals surface area (Å²) in [4.78, 5) is 12.2. The number of hydrogen-bond donors (Lipinski definition) is 1. The number of carbonyl (C=O) groups excluding carboxylic acids is 1. The first-order valence-corrected chi connectivity index (χ1v) is 7.28. The summed E-state index contributed by atoms with van der Waals surface area (Å²) in [5.74, 6) is 0.723. The van der Waals surface area contributed by atoms with Gasteiger partial charge in [-0.25, -0.2) is 0 Å². The fourth-order valence-corrected chi connectivity index (χ4v) is 2.24. The molecule has 2 aromatic carbocycles. The lowest BCUT2D eigenvalue weighted by molar-refractivity contribution is 0.104. The predicted molar refractivity (Wildman–Crippen MR) is 89.1 cm³/mol. The van der Waals surface area contributed by atoms with Crippen molar-refractivity contribution < 1.29 is 9.53 Å². The maximum atomic E-state index is 12.2. The molecule has 1 unspecified atom stereocenters. The number of methoxy groups -OCH3 is 1. The maximum Gasteiger partial charge on any atom is 0.187 e. The number of ketones is 1. The van der Waals surface area contributed by atoms with Gasteiger partial charge in [0.1, 0.15) is 5.75 Å². The standard InChI is InChI=1S/C19H21NO2/c1-14(20-15(2)16-7-5-4-6-8-16)13-19(21)17-9-11-18(22-3)12-10-17/h4-13,15,20H,1-3H3/b14-13+. The molecule has 3 heteroatoms. The average Bonchev–Trinajstić information content (AvgIpc) is 2.55. The largest absolute Gasteiger partial charge is 0.497 e. The molecule has 0 spiro atoms. The number of carbonyl (C=O) groups is 1. The molecule has 0 aliphatic rings. The van der Waals surface area contributed by atoms with Crippen molar-refractivity contribution in [2.75, 3.05) is 7.11 Å². The van der Waals surface area contributed by atoms with E-state index >= 15 is 0 Å². The van der Waals surface area contributed by atoms with Gasteiger partial charge in [-0.2, -0.15) is 0 Å². The van der Waals surface area contributed by atoms with Crippen LogP contribution in [0.4, 0.5) is 0 Å². The van der Waals surface area contributed by atoms with Crippen LogP contribution >= 0.6 is 0 Å². The van der Waals surface area contributed by atoms with E-state index in [9.17, 15) is 4.79 Å². The van der Waals surface area contributed by atoms with Crippen LogP contribution in [0.3, 0.4) is 0 Å². The minimum Gasteiger partial charge on any atom is -0.497 e. The van der Waals surface area contributed by atoms with Gasteiger partial charge in [0, 0.05) is 23.4 Å². The van der Waals surface area contributed by atoms with Gasteiger partial charge in [0.25, 0.3) is 0 Å². The third-order valence-corrected chi connectivity index (χ3v) is 3.47. The number of hydrogen-bond acceptors (Lipinski definition) is 3. The molecule has 1 N–H and O–H groups in total. The summed E-state index contributed by atoms with van der Waals surface area (Å²) in [5, 5.41) is 3.33.